The number of fused-ring (bicyclic) bond motifs is 1. The summed E-state index contributed by atoms with van der Waals surface area (Å²) in [5, 5.41) is 19.9. The van der Waals surface area contributed by atoms with Crippen molar-refractivity contribution in [3.63, 3.8) is 0 Å². The van der Waals surface area contributed by atoms with E-state index in [1.54, 1.807) is 36.4 Å². The van der Waals surface area contributed by atoms with E-state index in [4.69, 9.17) is 0 Å². The Labute approximate surface area is 114 Å². The Morgan fingerprint density at radius 1 is 0.789 bits per heavy atom. The van der Waals surface area contributed by atoms with E-state index < -0.39 is 28.3 Å². The summed E-state index contributed by atoms with van der Waals surface area (Å²) in [6.07, 6.45) is -1.79. The minimum absolute atomic E-state index is 0.624. The van der Waals surface area contributed by atoms with Gasteiger partial charge in [0.25, 0.3) is 0 Å². The Balaban J connectivity index is 1.98. The molecule has 2 N–H and O–H groups in total. The zero-order valence-electron chi connectivity index (χ0n) is 10.1. The summed E-state index contributed by atoms with van der Waals surface area (Å²) in [5.74, 6) is 0. The number of benzene rings is 2. The summed E-state index contributed by atoms with van der Waals surface area (Å²) in [6, 6.07) is 16.1. The summed E-state index contributed by atoms with van der Waals surface area (Å²) in [7, 11) is -1.45. The summed E-state index contributed by atoms with van der Waals surface area (Å²) in [4.78, 5) is 0.624. The lowest BCUT2D eigenvalue weighted by molar-refractivity contribution is 0.113. The van der Waals surface area contributed by atoms with E-state index in [-0.39, 0.29) is 0 Å². The van der Waals surface area contributed by atoms with E-state index in [0.717, 1.165) is 0 Å². The van der Waals surface area contributed by atoms with Gasteiger partial charge in [0.05, 0.1) is 28.3 Å². The predicted molar refractivity (Wildman–Crippen MR) is 73.0 cm³/mol. The van der Waals surface area contributed by atoms with Crippen molar-refractivity contribution in [2.24, 2.45) is 0 Å². The minimum atomic E-state index is -1.45. The molecule has 0 bridgehead atoms. The van der Waals surface area contributed by atoms with Gasteiger partial charge in [0, 0.05) is 4.90 Å². The molecule has 2 aromatic carbocycles. The second kappa shape index (κ2) is 4.89. The monoisotopic (exact) mass is 274 g/mol. The van der Waals surface area contributed by atoms with E-state index >= 15 is 0 Å². The molecule has 0 saturated carbocycles. The normalized spacial score (nSPS) is 24.1. The van der Waals surface area contributed by atoms with Gasteiger partial charge in [-0.3, -0.25) is 4.21 Å². The van der Waals surface area contributed by atoms with Crippen molar-refractivity contribution >= 4 is 10.8 Å². The molecule has 3 nitrogen and oxygen atoms in total. The Kier molecular flexibility index (Phi) is 3.22. The Morgan fingerprint density at radius 3 is 1.79 bits per heavy atom. The van der Waals surface area contributed by atoms with Crippen molar-refractivity contribution < 1.29 is 14.4 Å². The molecule has 0 heterocycles. The number of hydrogen-bond donors (Lipinski definition) is 2. The number of aliphatic hydroxyl groups excluding tert-OH is 2. The van der Waals surface area contributed by atoms with Crippen molar-refractivity contribution in [1.29, 1.82) is 0 Å². The van der Waals surface area contributed by atoms with Crippen molar-refractivity contribution in [1.82, 2.24) is 0 Å². The van der Waals surface area contributed by atoms with E-state index in [1.165, 1.54) is 0 Å². The Morgan fingerprint density at radius 2 is 1.26 bits per heavy atom. The maximum atomic E-state index is 12.5. The number of rotatable bonds is 2. The highest BCUT2D eigenvalue weighted by Gasteiger charge is 2.42. The highest BCUT2D eigenvalue weighted by molar-refractivity contribution is 7.85. The van der Waals surface area contributed by atoms with Crippen LogP contribution in [0.1, 0.15) is 23.3 Å². The van der Waals surface area contributed by atoms with Crippen LogP contribution < -0.4 is 0 Å². The molecular formula is C15H14O3S. The quantitative estimate of drug-likeness (QED) is 0.880. The van der Waals surface area contributed by atoms with Crippen LogP contribution in [0.15, 0.2) is 59.5 Å². The number of aliphatic hydroxyl groups is 2. The average Bonchev–Trinajstić information content (AvgIpc) is 2.72. The van der Waals surface area contributed by atoms with Crippen LogP contribution in [0.2, 0.25) is 0 Å². The van der Waals surface area contributed by atoms with Crippen LogP contribution in [-0.4, -0.2) is 19.7 Å². The third-order valence-electron chi connectivity index (χ3n) is 3.48. The fraction of sp³-hybridized carbons (Fsp3) is 0.200. The molecule has 3 rings (SSSR count). The van der Waals surface area contributed by atoms with Crippen molar-refractivity contribution in [2.45, 2.75) is 22.4 Å². The maximum Gasteiger partial charge on any atom is 0.0996 e. The molecule has 4 heteroatoms. The van der Waals surface area contributed by atoms with Gasteiger partial charge in [0.15, 0.2) is 0 Å². The van der Waals surface area contributed by atoms with Gasteiger partial charge in [-0.1, -0.05) is 42.5 Å². The second-order valence-electron chi connectivity index (χ2n) is 4.59. The predicted octanol–water partition coefficient (Wildman–Crippen LogP) is 1.94. The molecule has 0 spiro atoms. The minimum Gasteiger partial charge on any atom is -0.387 e. The van der Waals surface area contributed by atoms with Gasteiger partial charge in [-0.15, -0.1) is 0 Å². The average molecular weight is 274 g/mol. The third kappa shape index (κ3) is 2.02. The first kappa shape index (κ1) is 12.5. The van der Waals surface area contributed by atoms with Crippen LogP contribution in [0.5, 0.6) is 0 Å². The first-order chi connectivity index (χ1) is 9.20. The Bertz CT molecular complexity index is 583. The molecule has 0 saturated heterocycles. The van der Waals surface area contributed by atoms with Crippen LogP contribution in [0.25, 0.3) is 0 Å². The van der Waals surface area contributed by atoms with Crippen LogP contribution in [0.3, 0.4) is 0 Å². The lowest BCUT2D eigenvalue weighted by Gasteiger charge is -2.18. The Hall–Kier alpha value is -1.49. The van der Waals surface area contributed by atoms with Gasteiger partial charge in [0.2, 0.25) is 0 Å². The van der Waals surface area contributed by atoms with Crippen LogP contribution in [0.4, 0.5) is 0 Å². The zero-order valence-corrected chi connectivity index (χ0v) is 11.0. The van der Waals surface area contributed by atoms with Gasteiger partial charge in [-0.05, 0) is 23.3 Å². The fourth-order valence-electron chi connectivity index (χ4n) is 2.52. The molecule has 0 fully saturated rings. The molecular weight excluding hydrogens is 260 g/mol. The molecule has 1 aliphatic carbocycles. The van der Waals surface area contributed by atoms with E-state index in [9.17, 15) is 14.4 Å². The summed E-state index contributed by atoms with van der Waals surface area (Å²) < 4.78 is 12.5. The molecule has 98 valence electrons. The van der Waals surface area contributed by atoms with Crippen molar-refractivity contribution in [2.75, 3.05) is 0 Å². The van der Waals surface area contributed by atoms with E-state index in [0.29, 0.717) is 16.0 Å². The van der Waals surface area contributed by atoms with Gasteiger partial charge in [0.1, 0.15) is 0 Å². The fourth-order valence-corrected chi connectivity index (χ4v) is 4.02. The highest BCUT2D eigenvalue weighted by atomic mass is 32.2. The smallest absolute Gasteiger partial charge is 0.0996 e. The lowest BCUT2D eigenvalue weighted by atomic mass is 10.1. The van der Waals surface area contributed by atoms with Gasteiger partial charge < -0.3 is 10.2 Å². The molecule has 19 heavy (non-hydrogen) atoms. The molecule has 1 aliphatic rings. The van der Waals surface area contributed by atoms with E-state index in [1.807, 2.05) is 18.2 Å². The van der Waals surface area contributed by atoms with Gasteiger partial charge in [-0.25, -0.2) is 0 Å². The number of hydrogen-bond acceptors (Lipinski definition) is 3. The lowest BCUT2D eigenvalue weighted by Crippen LogP contribution is -2.24. The van der Waals surface area contributed by atoms with Crippen molar-refractivity contribution in [3.8, 4) is 0 Å². The second-order valence-corrected chi connectivity index (χ2v) is 6.20. The topological polar surface area (TPSA) is 57.5 Å². The van der Waals surface area contributed by atoms with E-state index in [2.05, 4.69) is 0 Å². The first-order valence-corrected chi connectivity index (χ1v) is 7.32. The highest BCUT2D eigenvalue weighted by Crippen LogP contribution is 2.42. The van der Waals surface area contributed by atoms with Crippen molar-refractivity contribution in [3.05, 3.63) is 65.7 Å². The third-order valence-corrected chi connectivity index (χ3v) is 5.23. The molecule has 0 radical (unpaired) electrons. The van der Waals surface area contributed by atoms with Crippen LogP contribution in [-0.2, 0) is 10.8 Å². The van der Waals surface area contributed by atoms with Crippen LogP contribution >= 0.6 is 0 Å². The zero-order chi connectivity index (χ0) is 13.4. The standard InChI is InChI=1S/C15H14O3S/c16-13-11-8-4-5-9-12(11)14(17)15(13)19(18)10-6-2-1-3-7-10/h1-9,13-17H/t13-,14-,19+/m0/s1. The summed E-state index contributed by atoms with van der Waals surface area (Å²) in [6.45, 7) is 0. The summed E-state index contributed by atoms with van der Waals surface area (Å²) in [5.41, 5.74) is 1.34. The molecule has 0 amide bonds. The molecule has 0 aromatic heterocycles. The molecule has 0 unspecified atom stereocenters. The van der Waals surface area contributed by atoms with Crippen LogP contribution in [0, 0.1) is 0 Å². The first-order valence-electron chi connectivity index (χ1n) is 6.10. The van der Waals surface area contributed by atoms with Gasteiger partial charge >= 0.3 is 0 Å². The molecule has 2 aromatic rings. The largest absolute Gasteiger partial charge is 0.387 e. The summed E-state index contributed by atoms with van der Waals surface area (Å²) >= 11 is 0. The molecule has 3 atom stereocenters. The maximum absolute atomic E-state index is 12.5. The SMILES string of the molecule is O=[S@](c1ccccc1)C1[C@@H](O)c2ccccc2[C@@H]1O. The van der Waals surface area contributed by atoms with Gasteiger partial charge in [-0.2, -0.15) is 0 Å². The molecule has 0 aliphatic heterocycles.